The maximum atomic E-state index is 11.6. The van der Waals surface area contributed by atoms with Gasteiger partial charge in [0.15, 0.2) is 0 Å². The summed E-state index contributed by atoms with van der Waals surface area (Å²) in [7, 11) is 0. The fourth-order valence-corrected chi connectivity index (χ4v) is 2.07. The van der Waals surface area contributed by atoms with Crippen LogP contribution in [-0.4, -0.2) is 37.8 Å². The number of nitrogens with zero attached hydrogens (tertiary/aromatic N) is 3. The molecule has 2 N–H and O–H groups in total. The molecule has 19 heavy (non-hydrogen) atoms. The summed E-state index contributed by atoms with van der Waals surface area (Å²) in [5, 5.41) is 19.7. The van der Waals surface area contributed by atoms with Crippen LogP contribution >= 0.6 is 0 Å². The van der Waals surface area contributed by atoms with E-state index in [1.807, 2.05) is 20.8 Å². The number of carbonyl (C=O) groups is 1. The highest BCUT2D eigenvalue weighted by molar-refractivity contribution is 5.68. The van der Waals surface area contributed by atoms with Gasteiger partial charge in [-0.15, -0.1) is 5.10 Å². The zero-order valence-electron chi connectivity index (χ0n) is 11.5. The van der Waals surface area contributed by atoms with Crippen LogP contribution in [0, 0.1) is 0 Å². The van der Waals surface area contributed by atoms with Gasteiger partial charge < -0.3 is 15.2 Å². The summed E-state index contributed by atoms with van der Waals surface area (Å²) in [6.07, 6.45) is 2.71. The Bertz CT molecular complexity index is 446. The van der Waals surface area contributed by atoms with Crippen LogP contribution in [0.5, 0.6) is 0 Å². The summed E-state index contributed by atoms with van der Waals surface area (Å²) >= 11 is 0. The van der Waals surface area contributed by atoms with Crippen molar-refractivity contribution in [1.29, 1.82) is 0 Å². The standard InChI is InChI=1S/C12H20N4O3/c1-12(2,3)19-11(18)14-8-4-9(5-8)16-10(7-17)6-13-15-16/h6,8-9,17H,4-5,7H2,1-3H3,(H,14,18)/t8-,9-. The second-order valence-electron chi connectivity index (χ2n) is 5.80. The van der Waals surface area contributed by atoms with Crippen molar-refractivity contribution < 1.29 is 14.6 Å². The summed E-state index contributed by atoms with van der Waals surface area (Å²) in [6, 6.07) is 0.278. The molecule has 0 bridgehead atoms. The summed E-state index contributed by atoms with van der Waals surface area (Å²) in [5.74, 6) is 0. The van der Waals surface area contributed by atoms with Crippen LogP contribution in [0.1, 0.15) is 45.3 Å². The van der Waals surface area contributed by atoms with Gasteiger partial charge in [0.1, 0.15) is 5.60 Å². The quantitative estimate of drug-likeness (QED) is 0.853. The Morgan fingerprint density at radius 3 is 2.84 bits per heavy atom. The van der Waals surface area contributed by atoms with Crippen LogP contribution in [0.3, 0.4) is 0 Å². The molecule has 1 aliphatic carbocycles. The SMILES string of the molecule is CC(C)(C)OC(=O)N[C@H]1C[C@H](n2nncc2CO)C1. The van der Waals surface area contributed by atoms with E-state index in [1.165, 1.54) is 0 Å². The van der Waals surface area contributed by atoms with Crippen molar-refractivity contribution in [2.45, 2.75) is 57.9 Å². The first-order valence-electron chi connectivity index (χ1n) is 6.38. The molecule has 1 amide bonds. The first kappa shape index (κ1) is 13.8. The third kappa shape index (κ3) is 3.44. The number of alkyl carbamates (subject to hydrolysis) is 1. The Kier molecular flexibility index (Phi) is 3.75. The molecule has 1 saturated carbocycles. The van der Waals surface area contributed by atoms with E-state index < -0.39 is 11.7 Å². The fourth-order valence-electron chi connectivity index (χ4n) is 2.07. The van der Waals surface area contributed by atoms with E-state index in [-0.39, 0.29) is 18.7 Å². The van der Waals surface area contributed by atoms with Crippen LogP contribution in [0.4, 0.5) is 4.79 Å². The van der Waals surface area contributed by atoms with Crippen molar-refractivity contribution in [3.8, 4) is 0 Å². The molecule has 0 radical (unpaired) electrons. The average molecular weight is 268 g/mol. The summed E-state index contributed by atoms with van der Waals surface area (Å²) in [4.78, 5) is 11.6. The number of hydrogen-bond acceptors (Lipinski definition) is 5. The topological polar surface area (TPSA) is 89.3 Å². The van der Waals surface area contributed by atoms with Gasteiger partial charge in [0, 0.05) is 6.04 Å². The molecule has 7 heteroatoms. The van der Waals surface area contributed by atoms with Crippen molar-refractivity contribution in [3.63, 3.8) is 0 Å². The van der Waals surface area contributed by atoms with Crippen molar-refractivity contribution in [1.82, 2.24) is 20.3 Å². The average Bonchev–Trinajstić information content (AvgIpc) is 2.67. The van der Waals surface area contributed by atoms with E-state index >= 15 is 0 Å². The minimum Gasteiger partial charge on any atom is -0.444 e. The van der Waals surface area contributed by atoms with Gasteiger partial charge >= 0.3 is 6.09 Å². The highest BCUT2D eigenvalue weighted by atomic mass is 16.6. The molecule has 1 aliphatic rings. The number of carbonyl (C=O) groups excluding carboxylic acids is 1. The maximum absolute atomic E-state index is 11.6. The third-order valence-corrected chi connectivity index (χ3v) is 2.99. The number of ether oxygens (including phenoxy) is 1. The summed E-state index contributed by atoms with van der Waals surface area (Å²) < 4.78 is 6.91. The first-order chi connectivity index (χ1) is 8.89. The third-order valence-electron chi connectivity index (χ3n) is 2.99. The van der Waals surface area contributed by atoms with Gasteiger partial charge in [0.05, 0.1) is 24.5 Å². The van der Waals surface area contributed by atoms with E-state index in [9.17, 15) is 4.79 Å². The van der Waals surface area contributed by atoms with Gasteiger partial charge in [-0.25, -0.2) is 9.48 Å². The lowest BCUT2D eigenvalue weighted by molar-refractivity contribution is 0.0449. The molecule has 0 unspecified atom stereocenters. The molecule has 7 nitrogen and oxygen atoms in total. The summed E-state index contributed by atoms with van der Waals surface area (Å²) in [6.45, 7) is 5.42. The number of aliphatic hydroxyl groups excluding tert-OH is 1. The zero-order chi connectivity index (χ0) is 14.0. The predicted octanol–water partition coefficient (Wildman–Crippen LogP) is 0.999. The van der Waals surface area contributed by atoms with Gasteiger partial charge in [0.25, 0.3) is 0 Å². The van der Waals surface area contributed by atoms with Crippen LogP contribution < -0.4 is 5.32 Å². The molecule has 1 aromatic rings. The van der Waals surface area contributed by atoms with Crippen molar-refractivity contribution >= 4 is 6.09 Å². The first-order valence-corrected chi connectivity index (χ1v) is 6.38. The lowest BCUT2D eigenvalue weighted by atomic mass is 9.87. The summed E-state index contributed by atoms with van der Waals surface area (Å²) in [5.41, 5.74) is 0.212. The van der Waals surface area contributed by atoms with Crippen LogP contribution in [-0.2, 0) is 11.3 Å². The highest BCUT2D eigenvalue weighted by Gasteiger charge is 2.34. The fraction of sp³-hybridized carbons (Fsp3) is 0.750. The van der Waals surface area contributed by atoms with Crippen LogP contribution in [0.2, 0.25) is 0 Å². The molecular formula is C12H20N4O3. The van der Waals surface area contributed by atoms with Gasteiger partial charge in [-0.1, -0.05) is 5.21 Å². The van der Waals surface area contributed by atoms with Gasteiger partial charge in [-0.05, 0) is 33.6 Å². The molecule has 106 valence electrons. The monoisotopic (exact) mass is 268 g/mol. The second-order valence-corrected chi connectivity index (χ2v) is 5.80. The number of hydrogen-bond donors (Lipinski definition) is 2. The normalized spacial score (nSPS) is 22.7. The Balaban J connectivity index is 1.79. The van der Waals surface area contributed by atoms with Crippen molar-refractivity contribution in [2.75, 3.05) is 0 Å². The zero-order valence-corrected chi connectivity index (χ0v) is 11.5. The van der Waals surface area contributed by atoms with Crippen molar-refractivity contribution in [2.24, 2.45) is 0 Å². The molecule has 1 fully saturated rings. The van der Waals surface area contributed by atoms with Crippen LogP contribution in [0.25, 0.3) is 0 Å². The maximum Gasteiger partial charge on any atom is 0.407 e. The lowest BCUT2D eigenvalue weighted by Crippen LogP contribution is -2.47. The van der Waals surface area contributed by atoms with E-state index in [1.54, 1.807) is 10.9 Å². The van der Waals surface area contributed by atoms with Gasteiger partial charge in [-0.3, -0.25) is 0 Å². The highest BCUT2D eigenvalue weighted by Crippen LogP contribution is 2.32. The number of rotatable bonds is 3. The molecule has 2 rings (SSSR count). The molecule has 0 spiro atoms. The minimum absolute atomic E-state index is 0.0757. The van der Waals surface area contributed by atoms with Gasteiger partial charge in [0.2, 0.25) is 0 Å². The number of nitrogens with one attached hydrogen (secondary N) is 1. The lowest BCUT2D eigenvalue weighted by Gasteiger charge is -2.36. The molecular weight excluding hydrogens is 248 g/mol. The number of aromatic nitrogens is 3. The Morgan fingerprint density at radius 1 is 1.58 bits per heavy atom. The molecule has 0 aliphatic heterocycles. The molecule has 0 saturated heterocycles. The van der Waals surface area contributed by atoms with Crippen LogP contribution in [0.15, 0.2) is 6.20 Å². The smallest absolute Gasteiger partial charge is 0.407 e. The minimum atomic E-state index is -0.483. The van der Waals surface area contributed by atoms with E-state index in [2.05, 4.69) is 15.6 Å². The Hall–Kier alpha value is -1.63. The van der Waals surface area contributed by atoms with E-state index in [0.29, 0.717) is 5.69 Å². The van der Waals surface area contributed by atoms with Crippen molar-refractivity contribution in [3.05, 3.63) is 11.9 Å². The molecule has 0 atom stereocenters. The van der Waals surface area contributed by atoms with E-state index in [4.69, 9.17) is 9.84 Å². The second kappa shape index (κ2) is 5.16. The molecule has 1 heterocycles. The van der Waals surface area contributed by atoms with E-state index in [0.717, 1.165) is 12.8 Å². The Morgan fingerprint density at radius 2 is 2.26 bits per heavy atom. The predicted molar refractivity (Wildman–Crippen MR) is 67.4 cm³/mol. The number of aliphatic hydroxyl groups is 1. The molecule has 0 aromatic carbocycles. The number of amides is 1. The largest absolute Gasteiger partial charge is 0.444 e. The van der Waals surface area contributed by atoms with Gasteiger partial charge in [-0.2, -0.15) is 0 Å². The Labute approximate surface area is 111 Å². The molecule has 1 aromatic heterocycles.